The summed E-state index contributed by atoms with van der Waals surface area (Å²) in [5.74, 6) is 0.541. The Hall–Kier alpha value is -1.56. The lowest BCUT2D eigenvalue weighted by Gasteiger charge is -2.17. The van der Waals surface area contributed by atoms with E-state index in [1.807, 2.05) is 6.08 Å². The molecule has 3 atom stereocenters. The molecule has 1 saturated carbocycles. The van der Waals surface area contributed by atoms with Crippen molar-refractivity contribution in [3.05, 3.63) is 11.8 Å². The first-order chi connectivity index (χ1) is 9.60. The van der Waals surface area contributed by atoms with Gasteiger partial charge in [0.2, 0.25) is 0 Å². The van der Waals surface area contributed by atoms with Crippen LogP contribution in [0, 0.1) is 11.8 Å². The maximum atomic E-state index is 11.8. The molecule has 2 bridgehead atoms. The molecule has 2 rings (SSSR count). The number of carboxylic acid groups (broad SMARTS) is 1. The Kier molecular flexibility index (Phi) is 5.00. The smallest absolute Gasteiger partial charge is 0.412 e. The highest BCUT2D eigenvalue weighted by atomic mass is 16.6. The largest absolute Gasteiger partial charge is 0.480 e. The predicted octanol–water partition coefficient (Wildman–Crippen LogP) is 1.61. The number of rotatable bonds is 7. The van der Waals surface area contributed by atoms with Gasteiger partial charge in [-0.1, -0.05) is 0 Å². The summed E-state index contributed by atoms with van der Waals surface area (Å²) in [6.07, 6.45) is 6.39. The second-order valence-corrected chi connectivity index (χ2v) is 5.55. The number of carbonyl (C=O) groups excluding carboxylic acids is 1. The van der Waals surface area contributed by atoms with Gasteiger partial charge in [-0.25, -0.2) is 9.59 Å². The molecule has 6 nitrogen and oxygen atoms in total. The number of aliphatic carboxylic acids is 1. The molecule has 1 amide bonds. The first-order valence-electron chi connectivity index (χ1n) is 7.23. The molecular formula is C14H22N2O4. The van der Waals surface area contributed by atoms with E-state index < -0.39 is 18.1 Å². The van der Waals surface area contributed by atoms with Crippen LogP contribution < -0.4 is 11.1 Å². The SMILES string of the molecule is NCCCC[C@H](NC(=O)OC1=CC2CCC1C2)C(=O)O. The number of hydrogen-bond donors (Lipinski definition) is 3. The second-order valence-electron chi connectivity index (χ2n) is 5.55. The number of carboxylic acids is 1. The van der Waals surface area contributed by atoms with Crippen LogP contribution in [0.5, 0.6) is 0 Å². The molecular weight excluding hydrogens is 260 g/mol. The van der Waals surface area contributed by atoms with Gasteiger partial charge < -0.3 is 20.9 Å². The van der Waals surface area contributed by atoms with E-state index in [1.165, 1.54) is 0 Å². The zero-order valence-corrected chi connectivity index (χ0v) is 11.5. The lowest BCUT2D eigenvalue weighted by Crippen LogP contribution is -2.41. The van der Waals surface area contributed by atoms with Crippen molar-refractivity contribution < 1.29 is 19.4 Å². The molecule has 1 fully saturated rings. The molecule has 0 aromatic rings. The van der Waals surface area contributed by atoms with E-state index in [2.05, 4.69) is 5.32 Å². The monoisotopic (exact) mass is 282 g/mol. The molecule has 6 heteroatoms. The van der Waals surface area contributed by atoms with Crippen LogP contribution in [0.15, 0.2) is 11.8 Å². The molecule has 112 valence electrons. The van der Waals surface area contributed by atoms with E-state index in [-0.39, 0.29) is 0 Å². The summed E-state index contributed by atoms with van der Waals surface area (Å²) in [5, 5.41) is 11.5. The van der Waals surface area contributed by atoms with Crippen LogP contribution in [0.3, 0.4) is 0 Å². The summed E-state index contributed by atoms with van der Waals surface area (Å²) in [6.45, 7) is 0.521. The number of fused-ring (bicyclic) bond motifs is 2. The number of hydrogen-bond acceptors (Lipinski definition) is 4. The van der Waals surface area contributed by atoms with E-state index in [1.54, 1.807) is 0 Å². The fourth-order valence-electron chi connectivity index (χ4n) is 2.94. The molecule has 2 aliphatic carbocycles. The lowest BCUT2D eigenvalue weighted by atomic mass is 10.1. The summed E-state index contributed by atoms with van der Waals surface area (Å²) in [7, 11) is 0. The van der Waals surface area contributed by atoms with Gasteiger partial charge in [0.05, 0.1) is 0 Å². The van der Waals surface area contributed by atoms with Gasteiger partial charge in [0.25, 0.3) is 0 Å². The van der Waals surface area contributed by atoms with Gasteiger partial charge in [0.15, 0.2) is 0 Å². The van der Waals surface area contributed by atoms with Gasteiger partial charge in [-0.15, -0.1) is 0 Å². The Labute approximate surface area is 118 Å². The van der Waals surface area contributed by atoms with Crippen LogP contribution in [0.1, 0.15) is 38.5 Å². The van der Waals surface area contributed by atoms with E-state index in [0.717, 1.165) is 25.7 Å². The number of carbonyl (C=O) groups is 2. The fourth-order valence-corrected chi connectivity index (χ4v) is 2.94. The van der Waals surface area contributed by atoms with Crippen molar-refractivity contribution in [1.82, 2.24) is 5.32 Å². The van der Waals surface area contributed by atoms with Crippen molar-refractivity contribution >= 4 is 12.1 Å². The topological polar surface area (TPSA) is 102 Å². The van der Waals surface area contributed by atoms with Crippen LogP contribution in [0.4, 0.5) is 4.79 Å². The van der Waals surface area contributed by atoms with E-state index >= 15 is 0 Å². The molecule has 0 radical (unpaired) electrons. The minimum Gasteiger partial charge on any atom is -0.480 e. The maximum absolute atomic E-state index is 11.8. The Morgan fingerprint density at radius 3 is 2.80 bits per heavy atom. The average molecular weight is 282 g/mol. The zero-order valence-electron chi connectivity index (χ0n) is 11.5. The van der Waals surface area contributed by atoms with Crippen molar-refractivity contribution in [3.63, 3.8) is 0 Å². The third-order valence-corrected chi connectivity index (χ3v) is 4.02. The number of ether oxygens (including phenoxy) is 1. The quantitative estimate of drug-likeness (QED) is 0.616. The average Bonchev–Trinajstić information content (AvgIpc) is 2.99. The number of unbranched alkanes of at least 4 members (excludes halogenated alkanes) is 1. The third-order valence-electron chi connectivity index (χ3n) is 4.02. The number of amides is 1. The number of nitrogens with one attached hydrogen (secondary N) is 1. The van der Waals surface area contributed by atoms with Gasteiger partial charge >= 0.3 is 12.1 Å². The van der Waals surface area contributed by atoms with Gasteiger partial charge in [-0.3, -0.25) is 0 Å². The molecule has 0 saturated heterocycles. The minimum atomic E-state index is -1.04. The molecule has 0 heterocycles. The molecule has 0 aromatic heterocycles. The van der Waals surface area contributed by atoms with Crippen LogP contribution in [-0.2, 0) is 9.53 Å². The van der Waals surface area contributed by atoms with Gasteiger partial charge in [-0.05, 0) is 57.1 Å². The number of allylic oxidation sites excluding steroid dienone is 2. The summed E-state index contributed by atoms with van der Waals surface area (Å²) >= 11 is 0. The van der Waals surface area contributed by atoms with Crippen molar-refractivity contribution in [2.75, 3.05) is 6.54 Å². The first kappa shape index (κ1) is 14.8. The highest BCUT2D eigenvalue weighted by molar-refractivity contribution is 5.80. The van der Waals surface area contributed by atoms with Crippen molar-refractivity contribution in [3.8, 4) is 0 Å². The van der Waals surface area contributed by atoms with Gasteiger partial charge in [0.1, 0.15) is 11.8 Å². The summed E-state index contributed by atoms with van der Waals surface area (Å²) < 4.78 is 5.26. The molecule has 4 N–H and O–H groups in total. The normalized spacial score (nSPS) is 25.1. The fraction of sp³-hybridized carbons (Fsp3) is 0.714. The lowest BCUT2D eigenvalue weighted by molar-refractivity contribution is -0.139. The molecule has 2 unspecified atom stereocenters. The molecule has 0 aliphatic heterocycles. The van der Waals surface area contributed by atoms with Crippen molar-refractivity contribution in [2.45, 2.75) is 44.6 Å². The zero-order chi connectivity index (χ0) is 14.5. The van der Waals surface area contributed by atoms with E-state index in [0.29, 0.717) is 37.0 Å². The Morgan fingerprint density at radius 2 is 2.25 bits per heavy atom. The van der Waals surface area contributed by atoms with Crippen LogP contribution >= 0.6 is 0 Å². The minimum absolute atomic E-state index is 0.339. The highest BCUT2D eigenvalue weighted by Crippen LogP contribution is 2.43. The summed E-state index contributed by atoms with van der Waals surface area (Å²) in [6, 6.07) is -0.909. The number of alkyl carbamates (subject to hydrolysis) is 1. The van der Waals surface area contributed by atoms with Crippen molar-refractivity contribution in [2.24, 2.45) is 17.6 Å². The van der Waals surface area contributed by atoms with Crippen LogP contribution in [0.2, 0.25) is 0 Å². The molecule has 0 aromatic carbocycles. The van der Waals surface area contributed by atoms with E-state index in [9.17, 15) is 9.59 Å². The van der Waals surface area contributed by atoms with Crippen molar-refractivity contribution in [1.29, 1.82) is 0 Å². The number of nitrogens with two attached hydrogens (primary N) is 1. The highest BCUT2D eigenvalue weighted by Gasteiger charge is 2.35. The van der Waals surface area contributed by atoms with Crippen LogP contribution in [0.25, 0.3) is 0 Å². The molecule has 0 spiro atoms. The summed E-state index contributed by atoms with van der Waals surface area (Å²) in [4.78, 5) is 22.8. The Morgan fingerprint density at radius 1 is 1.45 bits per heavy atom. The molecule has 20 heavy (non-hydrogen) atoms. The maximum Gasteiger partial charge on any atom is 0.412 e. The predicted molar refractivity (Wildman–Crippen MR) is 72.9 cm³/mol. The van der Waals surface area contributed by atoms with Crippen LogP contribution in [-0.4, -0.2) is 29.8 Å². The van der Waals surface area contributed by atoms with E-state index in [4.69, 9.17) is 15.6 Å². The Balaban J connectivity index is 1.79. The first-order valence-corrected chi connectivity index (χ1v) is 7.23. The molecule has 2 aliphatic rings. The Bertz CT molecular complexity index is 408. The van der Waals surface area contributed by atoms with Gasteiger partial charge in [0, 0.05) is 5.92 Å². The third kappa shape index (κ3) is 3.72. The second kappa shape index (κ2) is 6.74. The summed E-state index contributed by atoms with van der Waals surface area (Å²) in [5.41, 5.74) is 5.37. The standard InChI is InChI=1S/C14H22N2O4/c15-6-2-1-3-11(13(17)18)16-14(19)20-12-8-9-4-5-10(12)7-9/h8-11H,1-7,15H2,(H,16,19)(H,17,18)/t9?,10?,11-/m0/s1. The van der Waals surface area contributed by atoms with Gasteiger partial charge in [-0.2, -0.15) is 0 Å².